The topological polar surface area (TPSA) is 75.6 Å². The van der Waals surface area contributed by atoms with Crippen LogP contribution < -0.4 is 5.32 Å². The van der Waals surface area contributed by atoms with Crippen molar-refractivity contribution >= 4 is 11.9 Å². The van der Waals surface area contributed by atoms with Gasteiger partial charge in [-0.05, 0) is 32.6 Å². The SMILES string of the molecule is C=CCCC(NC(=O)C1(C)CCCO1)C(=O)O. The number of rotatable bonds is 6. The number of carbonyl (C=O) groups is 2. The van der Waals surface area contributed by atoms with E-state index in [1.54, 1.807) is 13.0 Å². The number of aliphatic carboxylic acids is 1. The molecule has 1 amide bonds. The summed E-state index contributed by atoms with van der Waals surface area (Å²) in [6, 6.07) is -0.874. The molecular weight excluding hydrogens is 222 g/mol. The number of ether oxygens (including phenoxy) is 1. The Morgan fingerprint density at radius 3 is 2.82 bits per heavy atom. The summed E-state index contributed by atoms with van der Waals surface area (Å²) in [6.07, 6.45) is 3.99. The summed E-state index contributed by atoms with van der Waals surface area (Å²) in [5.41, 5.74) is -0.873. The lowest BCUT2D eigenvalue weighted by molar-refractivity contribution is -0.147. The number of hydrogen-bond donors (Lipinski definition) is 2. The van der Waals surface area contributed by atoms with Crippen LogP contribution in [0.3, 0.4) is 0 Å². The first-order valence-corrected chi connectivity index (χ1v) is 5.78. The lowest BCUT2D eigenvalue weighted by atomic mass is 10.0. The zero-order valence-electron chi connectivity index (χ0n) is 10.1. The maximum absolute atomic E-state index is 11.9. The van der Waals surface area contributed by atoms with Crippen LogP contribution in [-0.2, 0) is 14.3 Å². The van der Waals surface area contributed by atoms with Crippen LogP contribution in [0.2, 0.25) is 0 Å². The van der Waals surface area contributed by atoms with Gasteiger partial charge in [0.05, 0.1) is 0 Å². The van der Waals surface area contributed by atoms with Crippen molar-refractivity contribution in [3.8, 4) is 0 Å². The van der Waals surface area contributed by atoms with Crippen LogP contribution in [0.15, 0.2) is 12.7 Å². The van der Waals surface area contributed by atoms with E-state index in [-0.39, 0.29) is 5.91 Å². The third-order valence-electron chi connectivity index (χ3n) is 2.96. The molecule has 2 atom stereocenters. The Labute approximate surface area is 101 Å². The summed E-state index contributed by atoms with van der Waals surface area (Å²) in [4.78, 5) is 22.9. The van der Waals surface area contributed by atoms with E-state index in [2.05, 4.69) is 11.9 Å². The van der Waals surface area contributed by atoms with Gasteiger partial charge in [-0.1, -0.05) is 6.08 Å². The van der Waals surface area contributed by atoms with E-state index in [1.807, 2.05) is 0 Å². The molecule has 17 heavy (non-hydrogen) atoms. The van der Waals surface area contributed by atoms with Gasteiger partial charge in [-0.25, -0.2) is 4.79 Å². The minimum atomic E-state index is -1.03. The standard InChI is InChI=1S/C12H19NO4/c1-3-4-6-9(10(14)15)13-11(16)12(2)7-5-8-17-12/h3,9H,1,4-8H2,2H3,(H,13,16)(H,14,15). The number of nitrogens with one attached hydrogen (secondary N) is 1. The molecule has 0 aromatic rings. The van der Waals surface area contributed by atoms with Gasteiger partial charge in [0.2, 0.25) is 0 Å². The number of carboxylic acids is 1. The number of amides is 1. The Morgan fingerprint density at radius 1 is 1.65 bits per heavy atom. The summed E-state index contributed by atoms with van der Waals surface area (Å²) in [7, 11) is 0. The Balaban J connectivity index is 2.57. The molecule has 2 unspecified atom stereocenters. The summed E-state index contributed by atoms with van der Waals surface area (Å²) in [5.74, 6) is -1.37. The van der Waals surface area contributed by atoms with Gasteiger partial charge in [-0.2, -0.15) is 0 Å². The highest BCUT2D eigenvalue weighted by molar-refractivity contribution is 5.89. The van der Waals surface area contributed by atoms with E-state index in [9.17, 15) is 9.59 Å². The minimum Gasteiger partial charge on any atom is -0.480 e. The second-order valence-electron chi connectivity index (χ2n) is 4.41. The predicted octanol–water partition coefficient (Wildman–Crippen LogP) is 1.09. The second kappa shape index (κ2) is 5.82. The van der Waals surface area contributed by atoms with Crippen molar-refractivity contribution in [2.75, 3.05) is 6.61 Å². The average Bonchev–Trinajstić information content (AvgIpc) is 2.72. The molecular formula is C12H19NO4. The molecule has 5 heteroatoms. The smallest absolute Gasteiger partial charge is 0.326 e. The summed E-state index contributed by atoms with van der Waals surface area (Å²) in [6.45, 7) is 5.78. The molecule has 0 radical (unpaired) electrons. The molecule has 0 aromatic carbocycles. The summed E-state index contributed by atoms with van der Waals surface area (Å²) >= 11 is 0. The van der Waals surface area contributed by atoms with E-state index in [0.29, 0.717) is 25.9 Å². The number of carboxylic acid groups (broad SMARTS) is 1. The van der Waals surface area contributed by atoms with Gasteiger partial charge in [0.1, 0.15) is 11.6 Å². The third kappa shape index (κ3) is 3.56. The molecule has 0 aliphatic carbocycles. The average molecular weight is 241 g/mol. The van der Waals surface area contributed by atoms with E-state index < -0.39 is 17.6 Å². The highest BCUT2D eigenvalue weighted by Crippen LogP contribution is 2.25. The van der Waals surface area contributed by atoms with Crippen molar-refractivity contribution < 1.29 is 19.4 Å². The van der Waals surface area contributed by atoms with Crippen molar-refractivity contribution in [1.29, 1.82) is 0 Å². The molecule has 1 rings (SSSR count). The maximum atomic E-state index is 11.9. The first-order chi connectivity index (χ1) is 7.99. The molecule has 5 nitrogen and oxygen atoms in total. The molecule has 1 fully saturated rings. The Bertz CT molecular complexity index is 308. The van der Waals surface area contributed by atoms with Crippen LogP contribution in [0, 0.1) is 0 Å². The molecule has 1 saturated heterocycles. The maximum Gasteiger partial charge on any atom is 0.326 e. The third-order valence-corrected chi connectivity index (χ3v) is 2.96. The highest BCUT2D eigenvalue weighted by Gasteiger charge is 2.39. The monoisotopic (exact) mass is 241 g/mol. The fourth-order valence-electron chi connectivity index (χ4n) is 1.81. The number of allylic oxidation sites excluding steroid dienone is 1. The first-order valence-electron chi connectivity index (χ1n) is 5.78. The second-order valence-corrected chi connectivity index (χ2v) is 4.41. The van der Waals surface area contributed by atoms with Crippen LogP contribution in [0.25, 0.3) is 0 Å². The number of hydrogen-bond acceptors (Lipinski definition) is 3. The Hall–Kier alpha value is -1.36. The fraction of sp³-hybridized carbons (Fsp3) is 0.667. The summed E-state index contributed by atoms with van der Waals surface area (Å²) < 4.78 is 5.36. The molecule has 1 aliphatic heterocycles. The van der Waals surface area contributed by atoms with Crippen molar-refractivity contribution in [2.24, 2.45) is 0 Å². The largest absolute Gasteiger partial charge is 0.480 e. The van der Waals surface area contributed by atoms with E-state index in [0.717, 1.165) is 6.42 Å². The van der Waals surface area contributed by atoms with Crippen molar-refractivity contribution in [3.63, 3.8) is 0 Å². The lowest BCUT2D eigenvalue weighted by Gasteiger charge is -2.24. The highest BCUT2D eigenvalue weighted by atomic mass is 16.5. The number of carbonyl (C=O) groups excluding carboxylic acids is 1. The Morgan fingerprint density at radius 2 is 2.35 bits per heavy atom. The minimum absolute atomic E-state index is 0.341. The molecule has 96 valence electrons. The van der Waals surface area contributed by atoms with Crippen molar-refractivity contribution in [1.82, 2.24) is 5.32 Å². The normalized spacial score (nSPS) is 25.2. The predicted molar refractivity (Wildman–Crippen MR) is 62.6 cm³/mol. The molecule has 0 bridgehead atoms. The molecule has 2 N–H and O–H groups in total. The van der Waals surface area contributed by atoms with Crippen LogP contribution >= 0.6 is 0 Å². The van der Waals surface area contributed by atoms with E-state index >= 15 is 0 Å². The van der Waals surface area contributed by atoms with Gasteiger partial charge in [-0.15, -0.1) is 6.58 Å². The molecule has 1 aliphatic rings. The zero-order valence-corrected chi connectivity index (χ0v) is 10.1. The van der Waals surface area contributed by atoms with Crippen molar-refractivity contribution in [2.45, 2.75) is 44.2 Å². The van der Waals surface area contributed by atoms with Crippen LogP contribution in [-0.4, -0.2) is 35.2 Å². The van der Waals surface area contributed by atoms with Gasteiger partial charge in [-0.3, -0.25) is 4.79 Å². The van der Waals surface area contributed by atoms with Crippen LogP contribution in [0.4, 0.5) is 0 Å². The van der Waals surface area contributed by atoms with Gasteiger partial charge < -0.3 is 15.2 Å². The van der Waals surface area contributed by atoms with Crippen LogP contribution in [0.5, 0.6) is 0 Å². The van der Waals surface area contributed by atoms with Gasteiger partial charge in [0.25, 0.3) is 5.91 Å². The van der Waals surface area contributed by atoms with E-state index in [4.69, 9.17) is 9.84 Å². The Kier molecular flexibility index (Phi) is 4.69. The first kappa shape index (κ1) is 13.7. The summed E-state index contributed by atoms with van der Waals surface area (Å²) in [5, 5.41) is 11.5. The fourth-order valence-corrected chi connectivity index (χ4v) is 1.81. The molecule has 0 aromatic heterocycles. The van der Waals surface area contributed by atoms with E-state index in [1.165, 1.54) is 0 Å². The lowest BCUT2D eigenvalue weighted by Crippen LogP contribution is -2.50. The quantitative estimate of drug-likeness (QED) is 0.682. The van der Waals surface area contributed by atoms with Crippen LogP contribution in [0.1, 0.15) is 32.6 Å². The van der Waals surface area contributed by atoms with Gasteiger partial charge in [0, 0.05) is 6.61 Å². The molecule has 0 saturated carbocycles. The molecule has 0 spiro atoms. The zero-order chi connectivity index (χ0) is 12.9. The molecule has 1 heterocycles. The van der Waals surface area contributed by atoms with Gasteiger partial charge in [0.15, 0.2) is 0 Å². The van der Waals surface area contributed by atoms with Crippen molar-refractivity contribution in [3.05, 3.63) is 12.7 Å². The van der Waals surface area contributed by atoms with Gasteiger partial charge >= 0.3 is 5.97 Å².